The Morgan fingerprint density at radius 2 is 2.09 bits per heavy atom. The van der Waals surface area contributed by atoms with Crippen molar-refractivity contribution < 1.29 is 9.18 Å². The van der Waals surface area contributed by atoms with Crippen molar-refractivity contribution in [2.24, 2.45) is 0 Å². The predicted molar refractivity (Wildman–Crippen MR) is 78.1 cm³/mol. The van der Waals surface area contributed by atoms with Crippen molar-refractivity contribution in [2.75, 3.05) is 6.54 Å². The minimum absolute atomic E-state index is 0.244. The number of hydrogen-bond donors (Lipinski definition) is 1. The molecule has 3 aromatic rings. The molecule has 0 aliphatic carbocycles. The molecule has 7 heteroatoms. The van der Waals surface area contributed by atoms with Crippen molar-refractivity contribution in [1.29, 1.82) is 0 Å². The molecule has 2 aromatic heterocycles. The molecule has 0 bridgehead atoms. The van der Waals surface area contributed by atoms with Crippen molar-refractivity contribution in [3.63, 3.8) is 0 Å². The third-order valence-corrected chi connectivity index (χ3v) is 3.14. The number of carbonyl (C=O) groups excluding carboxylic acids is 1. The van der Waals surface area contributed by atoms with Gasteiger partial charge in [0.2, 0.25) is 0 Å². The molecule has 0 spiro atoms. The fraction of sp³-hybridized carbons (Fsp3) is 0.133. The van der Waals surface area contributed by atoms with Crippen molar-refractivity contribution in [3.05, 3.63) is 66.8 Å². The van der Waals surface area contributed by atoms with Gasteiger partial charge in [0.05, 0.1) is 6.33 Å². The van der Waals surface area contributed by atoms with Crippen LogP contribution in [0.3, 0.4) is 0 Å². The monoisotopic (exact) mass is 299 g/mol. The van der Waals surface area contributed by atoms with Crippen LogP contribution in [0.15, 0.2) is 55.2 Å². The van der Waals surface area contributed by atoms with Gasteiger partial charge < -0.3 is 9.88 Å². The molecule has 112 valence electrons. The Hall–Kier alpha value is -2.96. The Labute approximate surface area is 126 Å². The van der Waals surface area contributed by atoms with E-state index in [-0.39, 0.29) is 11.6 Å². The molecule has 0 saturated heterocycles. The molecule has 0 unspecified atom stereocenters. The molecular weight excluding hydrogens is 285 g/mol. The summed E-state index contributed by atoms with van der Waals surface area (Å²) in [4.78, 5) is 15.9. The van der Waals surface area contributed by atoms with Crippen LogP contribution in [-0.2, 0) is 6.54 Å². The van der Waals surface area contributed by atoms with Gasteiger partial charge in [-0.05, 0) is 18.2 Å². The molecule has 0 radical (unpaired) electrons. The van der Waals surface area contributed by atoms with Crippen LogP contribution in [0.25, 0.3) is 5.69 Å². The molecule has 0 aliphatic heterocycles. The zero-order valence-corrected chi connectivity index (χ0v) is 11.7. The lowest BCUT2D eigenvalue weighted by molar-refractivity contribution is 0.0947. The summed E-state index contributed by atoms with van der Waals surface area (Å²) in [7, 11) is 0. The van der Waals surface area contributed by atoms with E-state index in [2.05, 4.69) is 15.4 Å². The minimum atomic E-state index is -0.391. The molecule has 6 nitrogen and oxygen atoms in total. The second-order valence-corrected chi connectivity index (χ2v) is 4.65. The van der Waals surface area contributed by atoms with Crippen LogP contribution in [0.1, 0.15) is 10.5 Å². The first-order valence-corrected chi connectivity index (χ1v) is 6.78. The van der Waals surface area contributed by atoms with Gasteiger partial charge in [-0.15, -0.1) is 0 Å². The fourth-order valence-electron chi connectivity index (χ4n) is 2.02. The molecule has 0 fully saturated rings. The van der Waals surface area contributed by atoms with E-state index < -0.39 is 5.82 Å². The van der Waals surface area contributed by atoms with Gasteiger partial charge in [-0.1, -0.05) is 12.1 Å². The molecule has 0 saturated carbocycles. The number of carbonyl (C=O) groups is 1. The van der Waals surface area contributed by atoms with Crippen LogP contribution in [0.4, 0.5) is 4.39 Å². The lowest BCUT2D eigenvalue weighted by Crippen LogP contribution is -2.27. The Morgan fingerprint density at radius 1 is 1.23 bits per heavy atom. The van der Waals surface area contributed by atoms with Crippen molar-refractivity contribution >= 4 is 5.91 Å². The zero-order valence-electron chi connectivity index (χ0n) is 11.7. The Kier molecular flexibility index (Phi) is 3.95. The topological polar surface area (TPSA) is 64.7 Å². The van der Waals surface area contributed by atoms with E-state index in [1.165, 1.54) is 10.7 Å². The Bertz CT molecular complexity index is 766. The number of halogens is 1. The molecule has 2 heterocycles. The first-order valence-electron chi connectivity index (χ1n) is 6.78. The van der Waals surface area contributed by atoms with Gasteiger partial charge >= 0.3 is 0 Å². The fourth-order valence-corrected chi connectivity index (χ4v) is 2.02. The highest BCUT2D eigenvalue weighted by Crippen LogP contribution is 2.12. The third kappa shape index (κ3) is 3.03. The van der Waals surface area contributed by atoms with E-state index in [1.54, 1.807) is 43.0 Å². The molecular formula is C15H14FN5O. The summed E-state index contributed by atoms with van der Waals surface area (Å²) in [5.41, 5.74) is 0.550. The maximum absolute atomic E-state index is 13.7. The average molecular weight is 299 g/mol. The Morgan fingerprint density at radius 3 is 2.86 bits per heavy atom. The highest BCUT2D eigenvalue weighted by molar-refractivity contribution is 5.92. The maximum Gasteiger partial charge on any atom is 0.271 e. The lowest BCUT2D eigenvalue weighted by atomic mass is 10.3. The minimum Gasteiger partial charge on any atom is -0.349 e. The van der Waals surface area contributed by atoms with Crippen molar-refractivity contribution in [1.82, 2.24) is 24.6 Å². The summed E-state index contributed by atoms with van der Waals surface area (Å²) in [5.74, 6) is -0.687. The summed E-state index contributed by atoms with van der Waals surface area (Å²) < 4.78 is 16.9. The molecule has 0 aliphatic rings. The second kappa shape index (κ2) is 6.21. The molecule has 1 aromatic carbocycles. The smallest absolute Gasteiger partial charge is 0.271 e. The van der Waals surface area contributed by atoms with Crippen LogP contribution >= 0.6 is 0 Å². The highest BCUT2D eigenvalue weighted by Gasteiger charge is 2.11. The molecule has 1 amide bonds. The first kappa shape index (κ1) is 14.0. The van der Waals surface area contributed by atoms with Gasteiger partial charge in [0.1, 0.15) is 11.5 Å². The van der Waals surface area contributed by atoms with Gasteiger partial charge in [-0.3, -0.25) is 4.79 Å². The van der Waals surface area contributed by atoms with Crippen molar-refractivity contribution in [3.8, 4) is 5.69 Å². The van der Waals surface area contributed by atoms with Crippen LogP contribution in [0, 0.1) is 5.82 Å². The number of para-hydroxylation sites is 1. The van der Waals surface area contributed by atoms with Gasteiger partial charge in [0.25, 0.3) is 5.91 Å². The van der Waals surface area contributed by atoms with Crippen LogP contribution in [0.2, 0.25) is 0 Å². The van der Waals surface area contributed by atoms with E-state index in [9.17, 15) is 9.18 Å². The van der Waals surface area contributed by atoms with Gasteiger partial charge in [-0.2, -0.15) is 5.10 Å². The van der Waals surface area contributed by atoms with E-state index in [1.807, 2.05) is 10.8 Å². The molecule has 3 rings (SSSR count). The van der Waals surface area contributed by atoms with Gasteiger partial charge in [-0.25, -0.2) is 14.1 Å². The summed E-state index contributed by atoms with van der Waals surface area (Å²) in [5, 5.41) is 6.86. The van der Waals surface area contributed by atoms with Gasteiger partial charge in [0, 0.05) is 31.7 Å². The third-order valence-electron chi connectivity index (χ3n) is 3.14. The number of rotatable bonds is 5. The predicted octanol–water partition coefficient (Wildman–Crippen LogP) is 1.64. The summed E-state index contributed by atoms with van der Waals surface area (Å²) >= 11 is 0. The van der Waals surface area contributed by atoms with Crippen molar-refractivity contribution in [2.45, 2.75) is 6.54 Å². The number of benzene rings is 1. The summed E-state index contributed by atoms with van der Waals surface area (Å²) in [6.07, 6.45) is 6.74. The van der Waals surface area contributed by atoms with Crippen LogP contribution in [-0.4, -0.2) is 31.8 Å². The number of amides is 1. The summed E-state index contributed by atoms with van der Waals surface area (Å²) in [6, 6.07) is 7.82. The van der Waals surface area contributed by atoms with Gasteiger partial charge in [0.15, 0.2) is 5.69 Å². The standard InChI is InChI=1S/C15H14FN5O/c16-12-3-1-2-4-14(12)21-8-5-13(19-21)15(22)18-7-10-20-9-6-17-11-20/h1-6,8-9,11H,7,10H2,(H,18,22). The summed E-state index contributed by atoms with van der Waals surface area (Å²) in [6.45, 7) is 1.08. The average Bonchev–Trinajstić information content (AvgIpc) is 3.19. The van der Waals surface area contributed by atoms with E-state index in [0.29, 0.717) is 18.8 Å². The maximum atomic E-state index is 13.7. The second-order valence-electron chi connectivity index (χ2n) is 4.65. The lowest BCUT2D eigenvalue weighted by Gasteiger charge is -2.04. The number of imidazole rings is 1. The van der Waals surface area contributed by atoms with E-state index in [4.69, 9.17) is 0 Å². The number of hydrogen-bond acceptors (Lipinski definition) is 3. The number of nitrogens with zero attached hydrogens (tertiary/aromatic N) is 4. The SMILES string of the molecule is O=C(NCCn1ccnc1)c1ccn(-c2ccccc2F)n1. The zero-order chi connectivity index (χ0) is 15.4. The Balaban J connectivity index is 1.63. The van der Waals surface area contributed by atoms with Crippen LogP contribution < -0.4 is 5.32 Å². The quantitative estimate of drug-likeness (QED) is 0.779. The molecule has 1 N–H and O–H groups in total. The first-order chi connectivity index (χ1) is 10.7. The van der Waals surface area contributed by atoms with E-state index >= 15 is 0 Å². The van der Waals surface area contributed by atoms with Crippen LogP contribution in [0.5, 0.6) is 0 Å². The highest BCUT2D eigenvalue weighted by atomic mass is 19.1. The normalized spacial score (nSPS) is 10.6. The number of nitrogens with one attached hydrogen (secondary N) is 1. The molecule has 0 atom stereocenters. The molecule has 22 heavy (non-hydrogen) atoms. The van der Waals surface area contributed by atoms with E-state index in [0.717, 1.165) is 0 Å². The number of aromatic nitrogens is 4. The largest absolute Gasteiger partial charge is 0.349 e.